The van der Waals surface area contributed by atoms with Gasteiger partial charge in [0.25, 0.3) is 5.19 Å². The number of aromatic nitrogens is 2. The number of aryl methyl sites for hydroxylation is 1. The van der Waals surface area contributed by atoms with Gasteiger partial charge >= 0.3 is 0 Å². The van der Waals surface area contributed by atoms with Crippen LogP contribution in [0.15, 0.2) is 24.3 Å². The fourth-order valence-corrected chi connectivity index (χ4v) is 4.51. The second-order valence-electron chi connectivity index (χ2n) is 6.50. The number of hydrogen-bond acceptors (Lipinski definition) is 5. The molecule has 4 nitrogen and oxygen atoms in total. The normalized spacial score (nSPS) is 28.0. The number of piperidine rings is 1. The minimum atomic E-state index is 0.298. The van der Waals surface area contributed by atoms with Crippen LogP contribution in [-0.4, -0.2) is 40.3 Å². The molecule has 0 saturated carbocycles. The standard InChI is InChI=1S/C17H21N3OS/c1-11-4-3-5-12(8-11)16-18-19-17(22-16)21-15-9-13-6-7-14(10-15)20(13)2/h3-5,8,13-15H,6-7,9-10H2,1-2H3/t13-,14?,15?/m0/s1. The minimum Gasteiger partial charge on any atom is -0.465 e. The highest BCUT2D eigenvalue weighted by atomic mass is 32.1. The quantitative estimate of drug-likeness (QED) is 0.868. The Morgan fingerprint density at radius 1 is 1.18 bits per heavy atom. The molecule has 0 spiro atoms. The van der Waals surface area contributed by atoms with Crippen LogP contribution in [0.3, 0.4) is 0 Å². The van der Waals surface area contributed by atoms with E-state index >= 15 is 0 Å². The van der Waals surface area contributed by atoms with Crippen molar-refractivity contribution in [1.82, 2.24) is 15.1 Å². The van der Waals surface area contributed by atoms with Gasteiger partial charge in [-0.1, -0.05) is 40.2 Å². The van der Waals surface area contributed by atoms with Crippen molar-refractivity contribution in [1.29, 1.82) is 0 Å². The molecule has 4 rings (SSSR count). The zero-order valence-corrected chi connectivity index (χ0v) is 13.8. The minimum absolute atomic E-state index is 0.298. The van der Waals surface area contributed by atoms with E-state index in [1.165, 1.54) is 18.4 Å². The molecule has 1 aromatic heterocycles. The van der Waals surface area contributed by atoms with Crippen molar-refractivity contribution in [2.75, 3.05) is 7.05 Å². The Balaban J connectivity index is 1.46. The molecular weight excluding hydrogens is 294 g/mol. The molecule has 5 heteroatoms. The van der Waals surface area contributed by atoms with Crippen molar-refractivity contribution in [2.24, 2.45) is 0 Å². The van der Waals surface area contributed by atoms with Crippen molar-refractivity contribution >= 4 is 11.3 Å². The topological polar surface area (TPSA) is 38.3 Å². The van der Waals surface area contributed by atoms with E-state index in [9.17, 15) is 0 Å². The Kier molecular flexibility index (Phi) is 3.62. The van der Waals surface area contributed by atoms with Gasteiger partial charge in [-0.05, 0) is 45.7 Å². The first-order valence-electron chi connectivity index (χ1n) is 7.98. The smallest absolute Gasteiger partial charge is 0.294 e. The monoisotopic (exact) mass is 315 g/mol. The van der Waals surface area contributed by atoms with Crippen LogP contribution in [0.4, 0.5) is 0 Å². The lowest BCUT2D eigenvalue weighted by Crippen LogP contribution is -2.43. The number of hydrogen-bond donors (Lipinski definition) is 0. The van der Waals surface area contributed by atoms with Gasteiger partial charge in [0, 0.05) is 17.6 Å². The van der Waals surface area contributed by atoms with Gasteiger partial charge in [0.15, 0.2) is 5.01 Å². The maximum absolute atomic E-state index is 6.14. The van der Waals surface area contributed by atoms with Gasteiger partial charge in [0.1, 0.15) is 6.10 Å². The van der Waals surface area contributed by atoms with E-state index in [2.05, 4.69) is 53.3 Å². The predicted molar refractivity (Wildman–Crippen MR) is 88.3 cm³/mol. The molecule has 0 radical (unpaired) electrons. The lowest BCUT2D eigenvalue weighted by molar-refractivity contribution is 0.0655. The summed E-state index contributed by atoms with van der Waals surface area (Å²) in [5.41, 5.74) is 2.36. The molecule has 0 aliphatic carbocycles. The van der Waals surface area contributed by atoms with E-state index < -0.39 is 0 Å². The number of fused-ring (bicyclic) bond motifs is 2. The lowest BCUT2D eigenvalue weighted by atomic mass is 10.0. The molecule has 22 heavy (non-hydrogen) atoms. The maximum atomic E-state index is 6.14. The van der Waals surface area contributed by atoms with Gasteiger partial charge in [-0.3, -0.25) is 0 Å². The maximum Gasteiger partial charge on any atom is 0.294 e. The summed E-state index contributed by atoms with van der Waals surface area (Å²) in [6.45, 7) is 2.09. The number of rotatable bonds is 3. The number of benzene rings is 1. The Morgan fingerprint density at radius 3 is 2.68 bits per heavy atom. The highest BCUT2D eigenvalue weighted by Gasteiger charge is 2.39. The zero-order chi connectivity index (χ0) is 15.1. The van der Waals surface area contributed by atoms with Crippen molar-refractivity contribution in [3.8, 4) is 15.8 Å². The third-order valence-electron chi connectivity index (χ3n) is 4.99. The molecule has 3 atom stereocenters. The Hall–Kier alpha value is -1.46. The zero-order valence-electron chi connectivity index (χ0n) is 13.0. The van der Waals surface area contributed by atoms with Crippen LogP contribution in [0.1, 0.15) is 31.2 Å². The highest BCUT2D eigenvalue weighted by Crippen LogP contribution is 2.37. The lowest BCUT2D eigenvalue weighted by Gasteiger charge is -2.35. The second-order valence-corrected chi connectivity index (χ2v) is 7.44. The van der Waals surface area contributed by atoms with Crippen LogP contribution in [0, 0.1) is 6.92 Å². The van der Waals surface area contributed by atoms with Crippen LogP contribution < -0.4 is 4.74 Å². The number of ether oxygens (including phenoxy) is 1. The molecule has 2 aromatic rings. The van der Waals surface area contributed by atoms with Crippen molar-refractivity contribution in [2.45, 2.75) is 50.8 Å². The molecule has 2 fully saturated rings. The van der Waals surface area contributed by atoms with E-state index in [-0.39, 0.29) is 0 Å². The summed E-state index contributed by atoms with van der Waals surface area (Å²) in [6, 6.07) is 9.74. The van der Waals surface area contributed by atoms with Crippen molar-refractivity contribution in [3.05, 3.63) is 29.8 Å². The van der Waals surface area contributed by atoms with E-state index in [4.69, 9.17) is 4.74 Å². The molecule has 1 aromatic carbocycles. The molecule has 2 unspecified atom stereocenters. The summed E-state index contributed by atoms with van der Waals surface area (Å²) >= 11 is 1.55. The van der Waals surface area contributed by atoms with Gasteiger partial charge in [0.2, 0.25) is 0 Å². The Labute approximate surface area is 135 Å². The summed E-state index contributed by atoms with van der Waals surface area (Å²) < 4.78 is 6.14. The third-order valence-corrected chi connectivity index (χ3v) is 5.86. The van der Waals surface area contributed by atoms with Gasteiger partial charge in [-0.2, -0.15) is 0 Å². The molecule has 0 amide bonds. The average Bonchev–Trinajstić information content (AvgIpc) is 3.02. The summed E-state index contributed by atoms with van der Waals surface area (Å²) in [4.78, 5) is 2.53. The van der Waals surface area contributed by atoms with Crippen LogP contribution in [-0.2, 0) is 0 Å². The first-order valence-corrected chi connectivity index (χ1v) is 8.80. The molecule has 0 N–H and O–H groups in total. The number of nitrogens with zero attached hydrogens (tertiary/aromatic N) is 3. The summed E-state index contributed by atoms with van der Waals surface area (Å²) in [5, 5.41) is 10.2. The SMILES string of the molecule is Cc1cccc(-c2nnc(OC3CC4CC[C@@H](C3)N4C)s2)c1. The van der Waals surface area contributed by atoms with Gasteiger partial charge in [0.05, 0.1) is 0 Å². The van der Waals surface area contributed by atoms with Crippen LogP contribution >= 0.6 is 11.3 Å². The average molecular weight is 315 g/mol. The first-order chi connectivity index (χ1) is 10.7. The fourth-order valence-electron chi connectivity index (χ4n) is 3.75. The van der Waals surface area contributed by atoms with E-state index in [0.717, 1.165) is 23.4 Å². The largest absolute Gasteiger partial charge is 0.465 e. The van der Waals surface area contributed by atoms with Gasteiger partial charge in [-0.25, -0.2) is 0 Å². The highest BCUT2D eigenvalue weighted by molar-refractivity contribution is 7.16. The second kappa shape index (κ2) is 5.63. The molecule has 2 aliphatic heterocycles. The summed E-state index contributed by atoms with van der Waals surface area (Å²) in [5.74, 6) is 0. The molecule has 2 bridgehead atoms. The van der Waals surface area contributed by atoms with Gasteiger partial charge < -0.3 is 9.64 Å². The summed E-state index contributed by atoms with van der Waals surface area (Å²) in [7, 11) is 2.25. The van der Waals surface area contributed by atoms with E-state index in [1.54, 1.807) is 11.3 Å². The van der Waals surface area contributed by atoms with Crippen LogP contribution in [0.25, 0.3) is 10.6 Å². The third kappa shape index (κ3) is 2.63. The fraction of sp³-hybridized carbons (Fsp3) is 0.529. The molecule has 2 saturated heterocycles. The Bertz CT molecular complexity index is 657. The van der Waals surface area contributed by atoms with Crippen LogP contribution in [0.2, 0.25) is 0 Å². The van der Waals surface area contributed by atoms with Crippen molar-refractivity contribution in [3.63, 3.8) is 0 Å². The summed E-state index contributed by atoms with van der Waals surface area (Å²) in [6.07, 6.45) is 5.16. The van der Waals surface area contributed by atoms with Gasteiger partial charge in [-0.15, -0.1) is 5.10 Å². The molecule has 116 valence electrons. The van der Waals surface area contributed by atoms with E-state index in [1.807, 2.05) is 0 Å². The Morgan fingerprint density at radius 2 is 1.95 bits per heavy atom. The van der Waals surface area contributed by atoms with Crippen molar-refractivity contribution < 1.29 is 4.74 Å². The van der Waals surface area contributed by atoms with Crippen LogP contribution in [0.5, 0.6) is 5.19 Å². The predicted octanol–water partition coefficient (Wildman–Crippen LogP) is 3.52. The first kappa shape index (κ1) is 14.2. The molecule has 3 heterocycles. The van der Waals surface area contributed by atoms with E-state index in [0.29, 0.717) is 23.4 Å². The molecular formula is C17H21N3OS. The molecule has 2 aliphatic rings.